The van der Waals surface area contributed by atoms with E-state index in [1.165, 1.54) is 0 Å². The Bertz CT molecular complexity index is 605. The molecule has 0 aliphatic carbocycles. The van der Waals surface area contributed by atoms with Crippen LogP contribution >= 0.6 is 23.2 Å². The molecular weight excluding hydrogens is 307 g/mol. The summed E-state index contributed by atoms with van der Waals surface area (Å²) in [6.45, 7) is 2.56. The lowest BCUT2D eigenvalue weighted by molar-refractivity contribution is 0.331. The molecule has 3 N–H and O–H groups in total. The van der Waals surface area contributed by atoms with Crippen molar-refractivity contribution in [3.8, 4) is 5.75 Å². The maximum absolute atomic E-state index is 6.23. The van der Waals surface area contributed by atoms with Crippen LogP contribution < -0.4 is 16.0 Å². The molecule has 1 unspecified atom stereocenters. The van der Waals surface area contributed by atoms with Gasteiger partial charge in [-0.3, -0.25) is 11.3 Å². The smallest absolute Gasteiger partial charge is 0.124 e. The fourth-order valence-electron chi connectivity index (χ4n) is 2.23. The molecule has 2 aromatic carbocycles. The highest BCUT2D eigenvalue weighted by atomic mass is 35.5. The van der Waals surface area contributed by atoms with Gasteiger partial charge in [-0.2, -0.15) is 0 Å². The van der Waals surface area contributed by atoms with Gasteiger partial charge in [-0.1, -0.05) is 41.4 Å². The molecule has 0 aliphatic heterocycles. The Morgan fingerprint density at radius 2 is 1.95 bits per heavy atom. The average Bonchev–Trinajstić information content (AvgIpc) is 2.49. The monoisotopic (exact) mass is 324 g/mol. The van der Waals surface area contributed by atoms with Crippen molar-refractivity contribution in [2.45, 2.75) is 19.4 Å². The van der Waals surface area contributed by atoms with Crippen LogP contribution in [0.5, 0.6) is 5.75 Å². The first-order valence-corrected chi connectivity index (χ1v) is 7.53. The molecule has 0 heterocycles. The van der Waals surface area contributed by atoms with E-state index in [9.17, 15) is 0 Å². The molecule has 3 nitrogen and oxygen atoms in total. The van der Waals surface area contributed by atoms with E-state index in [-0.39, 0.29) is 6.04 Å². The van der Waals surface area contributed by atoms with Crippen LogP contribution in [0.4, 0.5) is 0 Å². The number of rotatable bonds is 6. The number of nitrogens with two attached hydrogens (primary N) is 1. The van der Waals surface area contributed by atoms with E-state index in [4.69, 9.17) is 33.8 Å². The van der Waals surface area contributed by atoms with Crippen molar-refractivity contribution in [2.75, 3.05) is 6.61 Å². The third-order valence-electron chi connectivity index (χ3n) is 3.23. The lowest BCUT2D eigenvalue weighted by atomic mass is 9.98. The molecule has 0 radical (unpaired) electrons. The highest BCUT2D eigenvalue weighted by Gasteiger charge is 2.17. The van der Waals surface area contributed by atoms with Crippen molar-refractivity contribution in [3.63, 3.8) is 0 Å². The Morgan fingerprint density at radius 3 is 2.67 bits per heavy atom. The minimum atomic E-state index is -0.108. The third kappa shape index (κ3) is 4.11. The van der Waals surface area contributed by atoms with Crippen LogP contribution in [0.1, 0.15) is 24.1 Å². The van der Waals surface area contributed by atoms with E-state index in [0.717, 1.165) is 16.9 Å². The molecule has 0 aromatic heterocycles. The molecule has 0 saturated heterocycles. The highest BCUT2D eigenvalue weighted by molar-refractivity contribution is 6.33. The van der Waals surface area contributed by atoms with Crippen molar-refractivity contribution >= 4 is 23.2 Å². The number of halogens is 2. The predicted octanol–water partition coefficient (Wildman–Crippen LogP) is 4.14. The molecule has 1 atom stereocenters. The van der Waals surface area contributed by atoms with Gasteiger partial charge in [0.25, 0.3) is 0 Å². The van der Waals surface area contributed by atoms with E-state index in [2.05, 4.69) is 5.43 Å². The average molecular weight is 325 g/mol. The molecule has 5 heteroatoms. The number of hydrogen-bond donors (Lipinski definition) is 2. The molecule has 2 aromatic rings. The van der Waals surface area contributed by atoms with Crippen LogP contribution in [-0.4, -0.2) is 6.61 Å². The maximum Gasteiger partial charge on any atom is 0.124 e. The van der Waals surface area contributed by atoms with Crippen molar-refractivity contribution in [1.82, 2.24) is 5.43 Å². The van der Waals surface area contributed by atoms with Crippen molar-refractivity contribution in [1.29, 1.82) is 0 Å². The van der Waals surface area contributed by atoms with Gasteiger partial charge >= 0.3 is 0 Å². The molecule has 0 aliphatic rings. The molecule has 0 bridgehead atoms. The summed E-state index contributed by atoms with van der Waals surface area (Å²) in [5.41, 5.74) is 4.77. The van der Waals surface area contributed by atoms with Gasteiger partial charge in [0, 0.05) is 15.6 Å². The van der Waals surface area contributed by atoms with E-state index >= 15 is 0 Å². The van der Waals surface area contributed by atoms with Gasteiger partial charge in [0.15, 0.2) is 0 Å². The molecule has 21 heavy (non-hydrogen) atoms. The van der Waals surface area contributed by atoms with Gasteiger partial charge in [-0.25, -0.2) is 0 Å². The van der Waals surface area contributed by atoms with Gasteiger partial charge in [0.05, 0.1) is 12.6 Å². The van der Waals surface area contributed by atoms with Gasteiger partial charge in [-0.05, 0) is 43.2 Å². The normalized spacial score (nSPS) is 12.2. The molecular formula is C16H18Cl2N2O. The Balaban J connectivity index is 2.30. The van der Waals surface area contributed by atoms with Crippen LogP contribution in [0.15, 0.2) is 42.5 Å². The number of hydrogen-bond acceptors (Lipinski definition) is 3. The van der Waals surface area contributed by atoms with Crippen LogP contribution in [0, 0.1) is 0 Å². The zero-order valence-corrected chi connectivity index (χ0v) is 13.3. The van der Waals surface area contributed by atoms with Gasteiger partial charge in [0.2, 0.25) is 0 Å². The Hall–Kier alpha value is -1.26. The van der Waals surface area contributed by atoms with Crippen molar-refractivity contribution in [3.05, 3.63) is 63.6 Å². The minimum absolute atomic E-state index is 0.108. The molecule has 0 saturated carbocycles. The number of nitrogens with one attached hydrogen (secondary N) is 1. The first-order chi connectivity index (χ1) is 10.2. The van der Waals surface area contributed by atoms with Gasteiger partial charge in [0.1, 0.15) is 5.75 Å². The Labute approximate surface area is 135 Å². The lowest BCUT2D eigenvalue weighted by Crippen LogP contribution is -2.30. The summed E-state index contributed by atoms with van der Waals surface area (Å²) in [6, 6.07) is 13.1. The second-order valence-electron chi connectivity index (χ2n) is 4.63. The fraction of sp³-hybridized carbons (Fsp3) is 0.250. The van der Waals surface area contributed by atoms with Crippen LogP contribution in [0.2, 0.25) is 10.0 Å². The quantitative estimate of drug-likeness (QED) is 0.620. The lowest BCUT2D eigenvalue weighted by Gasteiger charge is -2.20. The highest BCUT2D eigenvalue weighted by Crippen LogP contribution is 2.30. The molecule has 2 rings (SSSR count). The Kier molecular flexibility index (Phi) is 5.88. The number of para-hydroxylation sites is 1. The topological polar surface area (TPSA) is 47.3 Å². The standard InChI is InChI=1S/C16H18Cl2N2O/c1-2-21-16-6-4-3-5-13(16)15(20-19)10-11-9-12(17)7-8-14(11)18/h3-9,15,20H,2,10,19H2,1H3. The molecule has 0 fully saturated rings. The predicted molar refractivity (Wildman–Crippen MR) is 87.8 cm³/mol. The summed E-state index contributed by atoms with van der Waals surface area (Å²) in [6.07, 6.45) is 0.625. The first kappa shape index (κ1) is 16.1. The minimum Gasteiger partial charge on any atom is -0.494 e. The summed E-state index contributed by atoms with van der Waals surface area (Å²) in [7, 11) is 0. The van der Waals surface area contributed by atoms with Crippen molar-refractivity contribution in [2.24, 2.45) is 5.84 Å². The Morgan fingerprint density at radius 1 is 1.19 bits per heavy atom. The fourth-order valence-corrected chi connectivity index (χ4v) is 2.62. The second kappa shape index (κ2) is 7.66. The molecule has 0 amide bonds. The van der Waals surface area contributed by atoms with E-state index in [0.29, 0.717) is 23.1 Å². The van der Waals surface area contributed by atoms with Gasteiger partial charge < -0.3 is 4.74 Å². The van der Waals surface area contributed by atoms with Gasteiger partial charge in [-0.15, -0.1) is 0 Å². The zero-order chi connectivity index (χ0) is 15.2. The number of hydrazine groups is 1. The van der Waals surface area contributed by atoms with Crippen LogP contribution in [0.3, 0.4) is 0 Å². The third-order valence-corrected chi connectivity index (χ3v) is 3.83. The molecule has 112 valence electrons. The van der Waals surface area contributed by atoms with E-state index in [1.807, 2.05) is 37.3 Å². The molecule has 0 spiro atoms. The number of benzene rings is 2. The van der Waals surface area contributed by atoms with Crippen LogP contribution in [-0.2, 0) is 6.42 Å². The number of ether oxygens (including phenoxy) is 1. The summed E-state index contributed by atoms with van der Waals surface area (Å²) >= 11 is 12.3. The second-order valence-corrected chi connectivity index (χ2v) is 5.47. The maximum atomic E-state index is 6.23. The SMILES string of the molecule is CCOc1ccccc1C(Cc1cc(Cl)ccc1Cl)NN. The van der Waals surface area contributed by atoms with Crippen LogP contribution in [0.25, 0.3) is 0 Å². The summed E-state index contributed by atoms with van der Waals surface area (Å²) in [4.78, 5) is 0. The zero-order valence-electron chi connectivity index (χ0n) is 11.8. The summed E-state index contributed by atoms with van der Waals surface area (Å²) in [5, 5.41) is 1.33. The van der Waals surface area contributed by atoms with E-state index in [1.54, 1.807) is 12.1 Å². The van der Waals surface area contributed by atoms with Crippen molar-refractivity contribution < 1.29 is 4.74 Å². The summed E-state index contributed by atoms with van der Waals surface area (Å²) in [5.74, 6) is 6.54. The van der Waals surface area contributed by atoms with E-state index < -0.39 is 0 Å². The largest absolute Gasteiger partial charge is 0.494 e. The summed E-state index contributed by atoms with van der Waals surface area (Å²) < 4.78 is 5.66. The first-order valence-electron chi connectivity index (χ1n) is 6.77.